The lowest BCUT2D eigenvalue weighted by molar-refractivity contribution is -0.0992. The van der Waals surface area contributed by atoms with Crippen LogP contribution in [0.4, 0.5) is 8.78 Å². The highest BCUT2D eigenvalue weighted by molar-refractivity contribution is 5.34. The highest BCUT2D eigenvalue weighted by Crippen LogP contribution is 2.42. The van der Waals surface area contributed by atoms with E-state index in [1.807, 2.05) is 20.9 Å². The molecule has 1 N–H and O–H groups in total. The fraction of sp³-hybridized carbons (Fsp3) is 0.538. The number of hydrogen-bond donors (Lipinski definition) is 1. The van der Waals surface area contributed by atoms with Crippen molar-refractivity contribution in [3.8, 4) is 0 Å². The Hall–Kier alpha value is -1.00. The molecule has 0 amide bonds. The van der Waals surface area contributed by atoms with Gasteiger partial charge in [-0.05, 0) is 38.6 Å². The topological polar surface area (TPSA) is 21.3 Å². The normalized spacial score (nSPS) is 18.9. The predicted molar refractivity (Wildman–Crippen MR) is 62.0 cm³/mol. The van der Waals surface area contributed by atoms with Crippen molar-refractivity contribution < 1.29 is 13.5 Å². The fourth-order valence-electron chi connectivity index (χ4n) is 2.23. The molecule has 2 rings (SSSR count). The first kappa shape index (κ1) is 12.5. The summed E-state index contributed by atoms with van der Waals surface area (Å²) in [6.45, 7) is 5.12. The number of rotatable bonds is 3. The zero-order valence-corrected chi connectivity index (χ0v) is 10.3. The van der Waals surface area contributed by atoms with Crippen LogP contribution >= 0.6 is 0 Å². The molecule has 0 spiro atoms. The number of nitrogens with one attached hydrogen (secondary N) is 1. The molecular formula is C13H17F2NO. The van der Waals surface area contributed by atoms with E-state index in [2.05, 4.69) is 5.32 Å². The largest absolute Gasteiger partial charge is 0.379 e. The standard InChI is InChI=1S/C13H17F2NO/c1-12(2,16-3)13(7-17-8-13)9-4-5-10(14)11(15)6-9/h4-6,16H,7-8H2,1-3H3. The summed E-state index contributed by atoms with van der Waals surface area (Å²) in [5.74, 6) is -1.62. The lowest BCUT2D eigenvalue weighted by Gasteiger charge is -2.52. The van der Waals surface area contributed by atoms with Crippen LogP contribution in [0.2, 0.25) is 0 Å². The summed E-state index contributed by atoms with van der Waals surface area (Å²) in [6, 6.07) is 4.09. The summed E-state index contributed by atoms with van der Waals surface area (Å²) in [4.78, 5) is 0. The van der Waals surface area contributed by atoms with Crippen LogP contribution in [0, 0.1) is 11.6 Å². The Kier molecular flexibility index (Phi) is 2.96. The van der Waals surface area contributed by atoms with E-state index >= 15 is 0 Å². The number of likely N-dealkylation sites (N-methyl/N-ethyl adjacent to an activating group) is 1. The monoisotopic (exact) mass is 241 g/mol. The second-order valence-electron chi connectivity index (χ2n) is 5.08. The summed E-state index contributed by atoms with van der Waals surface area (Å²) < 4.78 is 31.6. The predicted octanol–water partition coefficient (Wildman–Crippen LogP) is 2.23. The van der Waals surface area contributed by atoms with Gasteiger partial charge in [0.2, 0.25) is 0 Å². The average Bonchev–Trinajstić information content (AvgIpc) is 2.21. The smallest absolute Gasteiger partial charge is 0.159 e. The Morgan fingerprint density at radius 3 is 2.29 bits per heavy atom. The van der Waals surface area contributed by atoms with Crippen LogP contribution in [0.15, 0.2) is 18.2 Å². The van der Waals surface area contributed by atoms with Crippen molar-refractivity contribution in [1.29, 1.82) is 0 Å². The van der Waals surface area contributed by atoms with Crippen LogP contribution < -0.4 is 5.32 Å². The van der Waals surface area contributed by atoms with Crippen LogP contribution in [0.1, 0.15) is 19.4 Å². The molecule has 1 aromatic rings. The van der Waals surface area contributed by atoms with Gasteiger partial charge in [0, 0.05) is 5.54 Å². The van der Waals surface area contributed by atoms with E-state index in [0.29, 0.717) is 13.2 Å². The van der Waals surface area contributed by atoms with E-state index in [0.717, 1.165) is 5.56 Å². The summed E-state index contributed by atoms with van der Waals surface area (Å²) in [5.41, 5.74) is 0.244. The third-order valence-corrected chi connectivity index (χ3v) is 3.99. The highest BCUT2D eigenvalue weighted by Gasteiger charge is 2.51. The molecule has 1 aliphatic rings. The summed E-state index contributed by atoms with van der Waals surface area (Å²) in [6.07, 6.45) is 0. The van der Waals surface area contributed by atoms with Gasteiger partial charge in [-0.15, -0.1) is 0 Å². The molecule has 1 heterocycles. The molecular weight excluding hydrogens is 224 g/mol. The zero-order chi connectivity index (χ0) is 12.7. The first-order valence-corrected chi connectivity index (χ1v) is 5.65. The van der Waals surface area contributed by atoms with Crippen molar-refractivity contribution in [2.45, 2.75) is 24.8 Å². The zero-order valence-electron chi connectivity index (χ0n) is 10.3. The number of hydrogen-bond acceptors (Lipinski definition) is 2. The molecule has 2 nitrogen and oxygen atoms in total. The van der Waals surface area contributed by atoms with Gasteiger partial charge in [-0.3, -0.25) is 0 Å². The quantitative estimate of drug-likeness (QED) is 0.876. The van der Waals surface area contributed by atoms with Crippen molar-refractivity contribution in [3.05, 3.63) is 35.4 Å². The third-order valence-electron chi connectivity index (χ3n) is 3.99. The second-order valence-corrected chi connectivity index (χ2v) is 5.08. The Morgan fingerprint density at radius 1 is 1.24 bits per heavy atom. The molecule has 1 fully saturated rings. The van der Waals surface area contributed by atoms with Crippen molar-refractivity contribution >= 4 is 0 Å². The first-order valence-electron chi connectivity index (χ1n) is 5.65. The van der Waals surface area contributed by atoms with Crippen LogP contribution in [-0.2, 0) is 10.2 Å². The maximum Gasteiger partial charge on any atom is 0.159 e. The van der Waals surface area contributed by atoms with E-state index in [1.165, 1.54) is 12.1 Å². The molecule has 0 aliphatic carbocycles. The molecule has 1 saturated heterocycles. The fourth-order valence-corrected chi connectivity index (χ4v) is 2.23. The lowest BCUT2D eigenvalue weighted by atomic mass is 9.65. The number of halogens is 2. The molecule has 1 aromatic carbocycles. The SMILES string of the molecule is CNC(C)(C)C1(c2ccc(F)c(F)c2)COC1. The van der Waals surface area contributed by atoms with Crippen LogP contribution in [-0.4, -0.2) is 25.8 Å². The molecule has 0 unspecified atom stereocenters. The molecule has 0 aromatic heterocycles. The van der Waals surface area contributed by atoms with Gasteiger partial charge in [0.05, 0.1) is 18.6 Å². The Balaban J connectivity index is 2.45. The van der Waals surface area contributed by atoms with Gasteiger partial charge in [-0.1, -0.05) is 6.07 Å². The molecule has 1 aliphatic heterocycles. The van der Waals surface area contributed by atoms with E-state index in [4.69, 9.17) is 4.74 Å². The highest BCUT2D eigenvalue weighted by atomic mass is 19.2. The number of benzene rings is 1. The van der Waals surface area contributed by atoms with Gasteiger partial charge in [0.1, 0.15) is 0 Å². The van der Waals surface area contributed by atoms with Crippen molar-refractivity contribution in [3.63, 3.8) is 0 Å². The number of ether oxygens (including phenoxy) is 1. The van der Waals surface area contributed by atoms with Gasteiger partial charge >= 0.3 is 0 Å². The molecule has 0 bridgehead atoms. The average molecular weight is 241 g/mol. The Bertz CT molecular complexity index is 427. The van der Waals surface area contributed by atoms with Crippen molar-refractivity contribution in [2.24, 2.45) is 0 Å². The van der Waals surface area contributed by atoms with E-state index in [-0.39, 0.29) is 11.0 Å². The minimum absolute atomic E-state index is 0.241. The molecule has 94 valence electrons. The van der Waals surface area contributed by atoms with Crippen LogP contribution in [0.25, 0.3) is 0 Å². The second kappa shape index (κ2) is 4.03. The Labute approximate surface area is 100.0 Å². The van der Waals surface area contributed by atoms with Gasteiger partial charge in [-0.2, -0.15) is 0 Å². The molecule has 0 atom stereocenters. The maximum atomic E-state index is 13.3. The molecule has 0 radical (unpaired) electrons. The van der Waals surface area contributed by atoms with Gasteiger partial charge in [-0.25, -0.2) is 8.78 Å². The van der Waals surface area contributed by atoms with Crippen molar-refractivity contribution in [2.75, 3.05) is 20.3 Å². The van der Waals surface area contributed by atoms with Gasteiger partial charge in [0.15, 0.2) is 11.6 Å². The van der Waals surface area contributed by atoms with E-state index in [9.17, 15) is 8.78 Å². The minimum atomic E-state index is -0.814. The van der Waals surface area contributed by atoms with Crippen molar-refractivity contribution in [1.82, 2.24) is 5.32 Å². The molecule has 4 heteroatoms. The van der Waals surface area contributed by atoms with Crippen LogP contribution in [0.3, 0.4) is 0 Å². The summed E-state index contributed by atoms with van der Waals surface area (Å²) >= 11 is 0. The molecule has 17 heavy (non-hydrogen) atoms. The van der Waals surface area contributed by atoms with E-state index < -0.39 is 11.6 Å². The minimum Gasteiger partial charge on any atom is -0.379 e. The first-order chi connectivity index (χ1) is 7.93. The Morgan fingerprint density at radius 2 is 1.88 bits per heavy atom. The summed E-state index contributed by atoms with van der Waals surface area (Å²) in [7, 11) is 1.86. The van der Waals surface area contributed by atoms with E-state index in [1.54, 1.807) is 6.07 Å². The third kappa shape index (κ3) is 1.76. The molecule has 0 saturated carbocycles. The van der Waals surface area contributed by atoms with Gasteiger partial charge < -0.3 is 10.1 Å². The summed E-state index contributed by atoms with van der Waals surface area (Å²) in [5, 5.41) is 3.22. The van der Waals surface area contributed by atoms with Crippen LogP contribution in [0.5, 0.6) is 0 Å². The van der Waals surface area contributed by atoms with Gasteiger partial charge in [0.25, 0.3) is 0 Å². The lowest BCUT2D eigenvalue weighted by Crippen LogP contribution is -2.65. The maximum absolute atomic E-state index is 13.3.